The average molecular weight is 288 g/mol. The lowest BCUT2D eigenvalue weighted by Crippen LogP contribution is -2.23. The Kier molecular flexibility index (Phi) is 8.06. The van der Waals surface area contributed by atoms with E-state index in [0.29, 0.717) is 12.7 Å². The molecule has 0 rings (SSSR count). The third kappa shape index (κ3) is 7.58. The van der Waals surface area contributed by atoms with E-state index in [4.69, 9.17) is 0 Å². The molecule has 0 fully saturated rings. The van der Waals surface area contributed by atoms with E-state index >= 15 is 0 Å². The molecule has 108 valence electrons. The maximum atomic E-state index is 11.8. The van der Waals surface area contributed by atoms with E-state index < -0.39 is 15.6 Å². The predicted molar refractivity (Wildman–Crippen MR) is 63.2 cm³/mol. The van der Waals surface area contributed by atoms with Crippen molar-refractivity contribution >= 4 is 10.1 Å². The van der Waals surface area contributed by atoms with Crippen molar-refractivity contribution in [3.8, 4) is 0 Å². The molecule has 0 amide bonds. The number of alkyl halides is 3. The van der Waals surface area contributed by atoms with Crippen LogP contribution in [0.4, 0.5) is 13.2 Å². The van der Waals surface area contributed by atoms with Crippen molar-refractivity contribution < 1.29 is 25.8 Å². The summed E-state index contributed by atoms with van der Waals surface area (Å²) < 4.78 is 60.1. The quantitative estimate of drug-likeness (QED) is 0.277. The summed E-state index contributed by atoms with van der Waals surface area (Å²) in [5, 5.41) is 0. The van der Waals surface area contributed by atoms with Gasteiger partial charge in [-0.25, -0.2) is 0 Å². The molecular formula is C11H19F3O3S. The van der Waals surface area contributed by atoms with Crippen LogP contribution in [0.2, 0.25) is 0 Å². The number of halogens is 3. The molecule has 0 unspecified atom stereocenters. The molecule has 0 N–H and O–H groups in total. The Morgan fingerprint density at radius 2 is 1.61 bits per heavy atom. The van der Waals surface area contributed by atoms with E-state index in [2.05, 4.69) is 11.1 Å². The van der Waals surface area contributed by atoms with Gasteiger partial charge in [-0.05, 0) is 18.9 Å². The Morgan fingerprint density at radius 1 is 1.06 bits per heavy atom. The molecule has 0 aromatic rings. The summed E-state index contributed by atoms with van der Waals surface area (Å²) in [7, 11) is -5.49. The molecule has 0 radical (unpaired) electrons. The molecular weight excluding hydrogens is 269 g/mol. The molecule has 0 aliphatic heterocycles. The monoisotopic (exact) mass is 288 g/mol. The van der Waals surface area contributed by atoms with Gasteiger partial charge in [0.05, 0.1) is 0 Å². The summed E-state index contributed by atoms with van der Waals surface area (Å²) in [4.78, 5) is 0. The molecule has 0 aromatic carbocycles. The molecule has 18 heavy (non-hydrogen) atoms. The van der Waals surface area contributed by atoms with Gasteiger partial charge < -0.3 is 4.18 Å². The first-order chi connectivity index (χ1) is 8.31. The fourth-order valence-electron chi connectivity index (χ4n) is 1.28. The van der Waals surface area contributed by atoms with Crippen LogP contribution < -0.4 is 0 Å². The van der Waals surface area contributed by atoms with Crippen molar-refractivity contribution in [2.24, 2.45) is 0 Å². The third-order valence-corrected chi connectivity index (χ3v) is 3.22. The summed E-state index contributed by atoms with van der Waals surface area (Å²) in [5.41, 5.74) is -5.36. The minimum absolute atomic E-state index is 0.513. The largest absolute Gasteiger partial charge is 0.534 e. The van der Waals surface area contributed by atoms with Crippen LogP contribution >= 0.6 is 0 Å². The smallest absolute Gasteiger partial charge is 0.384 e. The molecule has 0 heterocycles. The van der Waals surface area contributed by atoms with Gasteiger partial charge in [-0.2, -0.15) is 21.6 Å². The highest BCUT2D eigenvalue weighted by molar-refractivity contribution is 7.87. The van der Waals surface area contributed by atoms with Gasteiger partial charge in [0.15, 0.2) is 0 Å². The maximum Gasteiger partial charge on any atom is 0.534 e. The lowest BCUT2D eigenvalue weighted by molar-refractivity contribution is -0.0515. The van der Waals surface area contributed by atoms with Crippen LogP contribution in [0.15, 0.2) is 12.3 Å². The van der Waals surface area contributed by atoms with Crippen LogP contribution in [0, 0.1) is 0 Å². The first kappa shape index (κ1) is 17.3. The SMILES string of the molecule is CCCCCCCC/C=C/OS(=O)(=O)C(F)(F)F. The van der Waals surface area contributed by atoms with E-state index in [1.807, 2.05) is 0 Å². The average Bonchev–Trinajstić information content (AvgIpc) is 2.25. The molecule has 0 saturated heterocycles. The molecule has 0 saturated carbocycles. The molecule has 7 heteroatoms. The second kappa shape index (κ2) is 8.39. The van der Waals surface area contributed by atoms with E-state index in [9.17, 15) is 21.6 Å². The van der Waals surface area contributed by atoms with Gasteiger partial charge in [0.2, 0.25) is 0 Å². The Balaban J connectivity index is 3.67. The number of allylic oxidation sites excluding steroid dienone is 1. The second-order valence-corrected chi connectivity index (χ2v) is 5.49. The Morgan fingerprint density at radius 3 is 2.17 bits per heavy atom. The van der Waals surface area contributed by atoms with Crippen LogP contribution in [0.1, 0.15) is 51.9 Å². The highest BCUT2D eigenvalue weighted by Crippen LogP contribution is 2.24. The van der Waals surface area contributed by atoms with Crippen molar-refractivity contribution in [2.75, 3.05) is 0 Å². The molecule has 0 aliphatic carbocycles. The molecule has 0 spiro atoms. The number of rotatable bonds is 9. The molecule has 0 aliphatic rings. The summed E-state index contributed by atoms with van der Waals surface area (Å²) in [5.74, 6) is 0. The van der Waals surface area contributed by atoms with E-state index in [1.54, 1.807) is 0 Å². The Hall–Kier alpha value is -0.720. The van der Waals surface area contributed by atoms with Crippen molar-refractivity contribution in [3.63, 3.8) is 0 Å². The summed E-state index contributed by atoms with van der Waals surface area (Å²) >= 11 is 0. The van der Waals surface area contributed by atoms with Crippen LogP contribution in [-0.2, 0) is 14.3 Å². The number of unbranched alkanes of at least 4 members (excludes halogenated alkanes) is 6. The number of hydrogen-bond acceptors (Lipinski definition) is 3. The van der Waals surface area contributed by atoms with Crippen LogP contribution in [0.3, 0.4) is 0 Å². The van der Waals surface area contributed by atoms with Crippen molar-refractivity contribution in [1.29, 1.82) is 0 Å². The minimum Gasteiger partial charge on any atom is -0.384 e. The van der Waals surface area contributed by atoms with Gasteiger partial charge in [-0.1, -0.05) is 39.0 Å². The summed E-state index contributed by atoms with van der Waals surface area (Å²) in [6, 6.07) is 0. The zero-order valence-electron chi connectivity index (χ0n) is 10.4. The van der Waals surface area contributed by atoms with E-state index in [0.717, 1.165) is 32.1 Å². The van der Waals surface area contributed by atoms with Gasteiger partial charge in [-0.3, -0.25) is 0 Å². The first-order valence-electron chi connectivity index (χ1n) is 5.96. The predicted octanol–water partition coefficient (Wildman–Crippen LogP) is 4.12. The zero-order chi connectivity index (χ0) is 14.1. The van der Waals surface area contributed by atoms with Gasteiger partial charge in [0.1, 0.15) is 6.26 Å². The van der Waals surface area contributed by atoms with Crippen LogP contribution in [0.5, 0.6) is 0 Å². The highest BCUT2D eigenvalue weighted by Gasteiger charge is 2.47. The first-order valence-corrected chi connectivity index (χ1v) is 7.36. The molecule has 3 nitrogen and oxygen atoms in total. The van der Waals surface area contributed by atoms with Crippen LogP contribution in [-0.4, -0.2) is 13.9 Å². The normalized spacial score (nSPS) is 13.1. The fourth-order valence-corrected chi connectivity index (χ4v) is 1.61. The van der Waals surface area contributed by atoms with Crippen molar-refractivity contribution in [1.82, 2.24) is 0 Å². The van der Waals surface area contributed by atoms with Gasteiger partial charge in [-0.15, -0.1) is 0 Å². The minimum atomic E-state index is -5.49. The summed E-state index contributed by atoms with van der Waals surface area (Å²) in [6.45, 7) is 2.11. The molecule has 0 atom stereocenters. The zero-order valence-corrected chi connectivity index (χ0v) is 11.2. The Labute approximate surface area is 106 Å². The van der Waals surface area contributed by atoms with E-state index in [-0.39, 0.29) is 0 Å². The standard InChI is InChI=1S/C11H19F3O3S/c1-2-3-4-5-6-7-8-9-10-17-18(15,16)11(12,13)14/h9-10H,2-8H2,1H3/b10-9+. The lowest BCUT2D eigenvalue weighted by Gasteiger charge is -2.05. The lowest BCUT2D eigenvalue weighted by atomic mass is 10.1. The molecule has 0 bridgehead atoms. The Bertz CT molecular complexity index is 334. The van der Waals surface area contributed by atoms with Gasteiger partial charge in [0, 0.05) is 0 Å². The third-order valence-electron chi connectivity index (χ3n) is 2.29. The maximum absolute atomic E-state index is 11.8. The number of hydrogen-bond donors (Lipinski definition) is 0. The van der Waals surface area contributed by atoms with Gasteiger partial charge in [0.25, 0.3) is 0 Å². The fraction of sp³-hybridized carbons (Fsp3) is 0.818. The highest BCUT2D eigenvalue weighted by atomic mass is 32.2. The van der Waals surface area contributed by atoms with Crippen molar-refractivity contribution in [2.45, 2.75) is 57.4 Å². The molecule has 0 aromatic heterocycles. The second-order valence-electron chi connectivity index (χ2n) is 3.92. The van der Waals surface area contributed by atoms with Gasteiger partial charge >= 0.3 is 15.6 Å². The topological polar surface area (TPSA) is 43.4 Å². The summed E-state index contributed by atoms with van der Waals surface area (Å²) in [6.07, 6.45) is 8.78. The van der Waals surface area contributed by atoms with Crippen LogP contribution in [0.25, 0.3) is 0 Å². The van der Waals surface area contributed by atoms with E-state index in [1.165, 1.54) is 12.5 Å². The van der Waals surface area contributed by atoms with Crippen molar-refractivity contribution in [3.05, 3.63) is 12.3 Å².